The van der Waals surface area contributed by atoms with Gasteiger partial charge in [-0.05, 0) is 18.6 Å². The Hall–Kier alpha value is -2.92. The van der Waals surface area contributed by atoms with E-state index in [-0.39, 0.29) is 18.7 Å². The van der Waals surface area contributed by atoms with Crippen LogP contribution in [0.4, 0.5) is 22.4 Å². The number of alkyl halides is 3. The highest BCUT2D eigenvalue weighted by molar-refractivity contribution is 7.91. The molecule has 3 unspecified atom stereocenters. The van der Waals surface area contributed by atoms with Crippen LogP contribution in [-0.4, -0.2) is 34.8 Å². The Morgan fingerprint density at radius 3 is 2.52 bits per heavy atom. The van der Waals surface area contributed by atoms with Gasteiger partial charge in [-0.15, -0.1) is 0 Å². The Morgan fingerprint density at radius 1 is 1.18 bits per heavy atom. The fourth-order valence-corrected chi connectivity index (χ4v) is 5.53. The SMILES string of the molecule is CC(CS1(=O)=NC(C(F)(F)F)C=CCN1)(NC(=O)OCc1ccccc1)c1ccccc1F. The molecule has 178 valence electrons. The van der Waals surface area contributed by atoms with Crippen molar-refractivity contribution in [1.82, 2.24) is 10.0 Å². The number of halogens is 4. The highest BCUT2D eigenvalue weighted by Crippen LogP contribution is 2.30. The molecule has 0 aromatic heterocycles. The summed E-state index contributed by atoms with van der Waals surface area (Å²) in [6.07, 6.45) is -3.72. The molecule has 0 saturated carbocycles. The molecule has 0 saturated heterocycles. The molecule has 1 heterocycles. The first-order valence-corrected chi connectivity index (χ1v) is 11.6. The molecule has 0 radical (unpaired) electrons. The second-order valence-corrected chi connectivity index (χ2v) is 9.72. The number of amides is 1. The molecule has 2 aromatic rings. The lowest BCUT2D eigenvalue weighted by molar-refractivity contribution is -0.135. The van der Waals surface area contributed by atoms with E-state index in [1.807, 2.05) is 0 Å². The Morgan fingerprint density at radius 2 is 1.85 bits per heavy atom. The van der Waals surface area contributed by atoms with Gasteiger partial charge in [0.1, 0.15) is 22.3 Å². The van der Waals surface area contributed by atoms with Crippen molar-refractivity contribution in [3.8, 4) is 0 Å². The number of benzene rings is 2. The quantitative estimate of drug-likeness (QED) is 0.469. The average molecular weight is 486 g/mol. The first-order chi connectivity index (χ1) is 15.5. The molecule has 3 rings (SSSR count). The molecule has 1 aliphatic rings. The van der Waals surface area contributed by atoms with Gasteiger partial charge in [0.15, 0.2) is 6.04 Å². The molecule has 6 nitrogen and oxygen atoms in total. The minimum Gasteiger partial charge on any atom is -0.445 e. The highest BCUT2D eigenvalue weighted by atomic mass is 32.2. The number of hydrogen-bond donors (Lipinski definition) is 2. The van der Waals surface area contributed by atoms with Gasteiger partial charge in [-0.25, -0.2) is 22.5 Å². The zero-order valence-corrected chi connectivity index (χ0v) is 18.5. The van der Waals surface area contributed by atoms with Gasteiger partial charge in [0.25, 0.3) is 0 Å². The minimum atomic E-state index is -4.75. The minimum absolute atomic E-state index is 0.0675. The van der Waals surface area contributed by atoms with Crippen molar-refractivity contribution in [2.75, 3.05) is 12.3 Å². The lowest BCUT2D eigenvalue weighted by Gasteiger charge is -2.32. The fraction of sp³-hybridized carbons (Fsp3) is 0.318. The summed E-state index contributed by atoms with van der Waals surface area (Å²) < 4.78 is 79.2. The molecule has 1 aliphatic heterocycles. The van der Waals surface area contributed by atoms with Crippen molar-refractivity contribution in [3.05, 3.63) is 83.7 Å². The number of hydrogen-bond acceptors (Lipinski definition) is 4. The molecule has 3 atom stereocenters. The Kier molecular flexibility index (Phi) is 7.43. The Bertz CT molecular complexity index is 1130. The van der Waals surface area contributed by atoms with E-state index in [4.69, 9.17) is 4.74 Å². The van der Waals surface area contributed by atoms with Crippen molar-refractivity contribution in [1.29, 1.82) is 0 Å². The summed E-state index contributed by atoms with van der Waals surface area (Å²) in [4.78, 5) is 12.6. The van der Waals surface area contributed by atoms with E-state index in [1.165, 1.54) is 31.2 Å². The van der Waals surface area contributed by atoms with Crippen LogP contribution in [0.3, 0.4) is 0 Å². The summed E-state index contributed by atoms with van der Waals surface area (Å²) in [5.41, 5.74) is -1.07. The number of carbonyl (C=O) groups excluding carboxylic acids is 1. The smallest absolute Gasteiger partial charge is 0.415 e. The first kappa shape index (κ1) is 24.7. The summed E-state index contributed by atoms with van der Waals surface area (Å²) in [6, 6.07) is 11.9. The second kappa shape index (κ2) is 9.92. The van der Waals surface area contributed by atoms with E-state index in [9.17, 15) is 26.6 Å². The van der Waals surface area contributed by atoms with Gasteiger partial charge in [-0.1, -0.05) is 60.7 Å². The summed E-state index contributed by atoms with van der Waals surface area (Å²) in [5.74, 6) is -1.36. The molecule has 33 heavy (non-hydrogen) atoms. The number of ether oxygens (including phenoxy) is 1. The van der Waals surface area contributed by atoms with E-state index in [0.29, 0.717) is 5.56 Å². The van der Waals surface area contributed by atoms with E-state index in [1.54, 1.807) is 30.3 Å². The van der Waals surface area contributed by atoms with E-state index < -0.39 is 45.3 Å². The summed E-state index contributed by atoms with van der Waals surface area (Å²) in [7, 11) is -3.74. The molecular formula is C22H23F4N3O3S. The molecule has 0 spiro atoms. The topological polar surface area (TPSA) is 79.8 Å². The van der Waals surface area contributed by atoms with Gasteiger partial charge in [0.2, 0.25) is 0 Å². The van der Waals surface area contributed by atoms with Crippen LogP contribution in [0.2, 0.25) is 0 Å². The first-order valence-electron chi connectivity index (χ1n) is 9.97. The predicted molar refractivity (Wildman–Crippen MR) is 116 cm³/mol. The number of alkyl carbamates (subject to hydrolysis) is 1. The molecule has 0 fully saturated rings. The molecule has 0 aliphatic carbocycles. The lowest BCUT2D eigenvalue weighted by Crippen LogP contribution is -2.51. The van der Waals surface area contributed by atoms with Crippen LogP contribution in [0.1, 0.15) is 18.1 Å². The van der Waals surface area contributed by atoms with Gasteiger partial charge in [-0.3, -0.25) is 0 Å². The third-order valence-corrected chi connectivity index (χ3v) is 7.06. The third kappa shape index (κ3) is 6.55. The van der Waals surface area contributed by atoms with Crippen LogP contribution in [0, 0.1) is 5.82 Å². The molecule has 0 bridgehead atoms. The van der Waals surface area contributed by atoms with E-state index in [0.717, 1.165) is 12.1 Å². The lowest BCUT2D eigenvalue weighted by atomic mass is 9.94. The van der Waals surface area contributed by atoms with E-state index in [2.05, 4.69) is 14.4 Å². The maximum absolute atomic E-state index is 14.7. The summed E-state index contributed by atoms with van der Waals surface area (Å²) in [6.45, 7) is 1.14. The van der Waals surface area contributed by atoms with Crippen LogP contribution in [0.25, 0.3) is 0 Å². The molecule has 2 N–H and O–H groups in total. The van der Waals surface area contributed by atoms with Crippen LogP contribution in [0.5, 0.6) is 0 Å². The highest BCUT2D eigenvalue weighted by Gasteiger charge is 2.42. The summed E-state index contributed by atoms with van der Waals surface area (Å²) in [5, 5.41) is 2.49. The third-order valence-electron chi connectivity index (χ3n) is 4.91. The van der Waals surface area contributed by atoms with Gasteiger partial charge in [0, 0.05) is 12.1 Å². The number of carbonyl (C=O) groups is 1. The molecule has 1 amide bonds. The van der Waals surface area contributed by atoms with Gasteiger partial charge in [0.05, 0.1) is 11.3 Å². The van der Waals surface area contributed by atoms with Crippen molar-refractivity contribution < 1.29 is 31.3 Å². The summed E-state index contributed by atoms with van der Waals surface area (Å²) >= 11 is 0. The number of rotatable bonds is 6. The van der Waals surface area contributed by atoms with E-state index >= 15 is 0 Å². The van der Waals surface area contributed by atoms with Crippen LogP contribution >= 0.6 is 0 Å². The Balaban J connectivity index is 1.91. The van der Waals surface area contributed by atoms with Crippen LogP contribution in [-0.2, 0) is 26.8 Å². The van der Waals surface area contributed by atoms with Crippen LogP contribution < -0.4 is 10.0 Å². The second-order valence-electron chi connectivity index (χ2n) is 7.65. The molecule has 2 aromatic carbocycles. The molecule has 11 heteroatoms. The zero-order chi connectivity index (χ0) is 24.1. The van der Waals surface area contributed by atoms with Gasteiger partial charge in [-0.2, -0.15) is 13.2 Å². The van der Waals surface area contributed by atoms with Crippen molar-refractivity contribution in [2.24, 2.45) is 4.36 Å². The normalized spacial score (nSPS) is 22.5. The van der Waals surface area contributed by atoms with Crippen LogP contribution in [0.15, 0.2) is 71.1 Å². The fourth-order valence-electron chi connectivity index (χ4n) is 3.35. The molecular weight excluding hydrogens is 462 g/mol. The van der Waals surface area contributed by atoms with Gasteiger partial charge < -0.3 is 10.1 Å². The largest absolute Gasteiger partial charge is 0.445 e. The monoisotopic (exact) mass is 485 g/mol. The predicted octanol–water partition coefficient (Wildman–Crippen LogP) is 4.44. The standard InChI is InChI=1S/C22H23F4N3O3S/c1-21(17-10-5-6-11-18(17)23,28-20(30)32-14-16-8-3-2-4-9-16)15-33(31)27-13-7-12-19(29-33)22(24,25)26/h2-12,19H,13-15H2,1H3,(H,28,30)(H,27,29,31). The number of nitrogens with zero attached hydrogens (tertiary/aromatic N) is 1. The van der Waals surface area contributed by atoms with Crippen molar-refractivity contribution in [2.45, 2.75) is 31.3 Å². The van der Waals surface area contributed by atoms with Crippen molar-refractivity contribution in [3.63, 3.8) is 0 Å². The number of nitrogens with one attached hydrogen (secondary N) is 2. The maximum atomic E-state index is 14.7. The average Bonchev–Trinajstić information content (AvgIpc) is 2.94. The Labute approximate surface area is 189 Å². The maximum Gasteiger partial charge on any atom is 0.415 e. The van der Waals surface area contributed by atoms with Gasteiger partial charge >= 0.3 is 12.3 Å². The zero-order valence-electron chi connectivity index (χ0n) is 17.6. The van der Waals surface area contributed by atoms with Crippen molar-refractivity contribution >= 4 is 16.0 Å².